The highest BCUT2D eigenvalue weighted by molar-refractivity contribution is 5.93. The smallest absolute Gasteiger partial charge is 0.337 e. The molecule has 1 fully saturated rings. The lowest BCUT2D eigenvalue weighted by Gasteiger charge is -2.15. The van der Waals surface area contributed by atoms with Gasteiger partial charge in [0.25, 0.3) is 5.91 Å². The van der Waals surface area contributed by atoms with Crippen molar-refractivity contribution in [2.75, 3.05) is 13.1 Å². The van der Waals surface area contributed by atoms with E-state index in [2.05, 4.69) is 10.1 Å². The molecule has 0 spiro atoms. The SMILES string of the molecule is Cc1ccc(Cn2nc3cncc(C(=O)N4CCCC4)n3c2=O)cc1. The van der Waals surface area contributed by atoms with Crippen LogP contribution in [0.15, 0.2) is 41.5 Å². The van der Waals surface area contributed by atoms with E-state index >= 15 is 0 Å². The summed E-state index contributed by atoms with van der Waals surface area (Å²) in [4.78, 5) is 31.4. The van der Waals surface area contributed by atoms with Crippen LogP contribution in [-0.2, 0) is 6.54 Å². The van der Waals surface area contributed by atoms with Gasteiger partial charge in [0.15, 0.2) is 5.65 Å². The van der Waals surface area contributed by atoms with Crippen molar-refractivity contribution in [1.29, 1.82) is 0 Å². The molecule has 1 aliphatic heterocycles. The Morgan fingerprint density at radius 3 is 2.56 bits per heavy atom. The van der Waals surface area contributed by atoms with Gasteiger partial charge in [0, 0.05) is 13.1 Å². The number of rotatable bonds is 3. The topological polar surface area (TPSA) is 72.5 Å². The molecule has 0 bridgehead atoms. The van der Waals surface area contributed by atoms with Crippen molar-refractivity contribution >= 4 is 11.6 Å². The average molecular weight is 337 g/mol. The largest absolute Gasteiger partial charge is 0.351 e. The first kappa shape index (κ1) is 15.6. The minimum Gasteiger partial charge on any atom is -0.337 e. The van der Waals surface area contributed by atoms with Gasteiger partial charge in [-0.05, 0) is 25.3 Å². The van der Waals surface area contributed by atoms with Gasteiger partial charge in [0.1, 0.15) is 5.69 Å². The second kappa shape index (κ2) is 6.16. The Balaban J connectivity index is 1.74. The Hall–Kier alpha value is -2.96. The molecule has 3 aromatic rings. The van der Waals surface area contributed by atoms with Crippen molar-refractivity contribution in [2.45, 2.75) is 26.3 Å². The van der Waals surface area contributed by atoms with Crippen LogP contribution in [0.25, 0.3) is 5.65 Å². The zero-order valence-electron chi connectivity index (χ0n) is 14.1. The van der Waals surface area contributed by atoms with Gasteiger partial charge in [-0.15, -0.1) is 5.10 Å². The quantitative estimate of drug-likeness (QED) is 0.726. The summed E-state index contributed by atoms with van der Waals surface area (Å²) in [6.07, 6.45) is 4.95. The summed E-state index contributed by atoms with van der Waals surface area (Å²) in [5, 5.41) is 4.33. The first-order valence-corrected chi connectivity index (χ1v) is 8.42. The first-order valence-electron chi connectivity index (χ1n) is 8.42. The molecule has 7 heteroatoms. The van der Waals surface area contributed by atoms with Crippen LogP contribution in [0.2, 0.25) is 0 Å². The Morgan fingerprint density at radius 2 is 1.84 bits per heavy atom. The molecule has 7 nitrogen and oxygen atoms in total. The van der Waals surface area contributed by atoms with Crippen LogP contribution in [0, 0.1) is 6.92 Å². The first-order chi connectivity index (χ1) is 12.1. The van der Waals surface area contributed by atoms with E-state index in [9.17, 15) is 9.59 Å². The molecule has 25 heavy (non-hydrogen) atoms. The van der Waals surface area contributed by atoms with E-state index in [1.54, 1.807) is 4.90 Å². The average Bonchev–Trinajstić information content (AvgIpc) is 3.25. The second-order valence-electron chi connectivity index (χ2n) is 6.41. The van der Waals surface area contributed by atoms with Crippen molar-refractivity contribution in [3.8, 4) is 0 Å². The number of benzene rings is 1. The van der Waals surface area contributed by atoms with Crippen molar-refractivity contribution in [3.05, 3.63) is 64.0 Å². The van der Waals surface area contributed by atoms with E-state index < -0.39 is 0 Å². The number of aromatic nitrogens is 4. The summed E-state index contributed by atoms with van der Waals surface area (Å²) in [6.45, 7) is 3.82. The third-order valence-electron chi connectivity index (χ3n) is 4.56. The van der Waals surface area contributed by atoms with Gasteiger partial charge in [-0.2, -0.15) is 0 Å². The summed E-state index contributed by atoms with van der Waals surface area (Å²) >= 11 is 0. The summed E-state index contributed by atoms with van der Waals surface area (Å²) < 4.78 is 2.74. The van der Waals surface area contributed by atoms with Crippen molar-refractivity contribution in [1.82, 2.24) is 24.1 Å². The molecule has 128 valence electrons. The number of carbonyl (C=O) groups is 1. The van der Waals surface area contributed by atoms with Crippen LogP contribution in [-0.4, -0.2) is 43.1 Å². The summed E-state index contributed by atoms with van der Waals surface area (Å²) in [7, 11) is 0. The minimum absolute atomic E-state index is 0.160. The van der Waals surface area contributed by atoms with Gasteiger partial charge in [-0.3, -0.25) is 9.78 Å². The normalized spacial score (nSPS) is 14.4. The summed E-state index contributed by atoms with van der Waals surface area (Å²) in [5.74, 6) is -0.160. The van der Waals surface area contributed by atoms with Crippen LogP contribution < -0.4 is 5.69 Å². The highest BCUT2D eigenvalue weighted by Gasteiger charge is 2.23. The maximum atomic E-state index is 12.8. The Kier molecular flexibility index (Phi) is 3.83. The summed E-state index contributed by atoms with van der Waals surface area (Å²) in [5.41, 5.74) is 2.49. The monoisotopic (exact) mass is 337 g/mol. The van der Waals surface area contributed by atoms with E-state index in [0.29, 0.717) is 12.2 Å². The molecule has 4 rings (SSSR count). The van der Waals surface area contributed by atoms with E-state index in [-0.39, 0.29) is 17.3 Å². The number of nitrogens with zero attached hydrogens (tertiary/aromatic N) is 5. The highest BCUT2D eigenvalue weighted by Crippen LogP contribution is 2.13. The molecule has 1 aromatic carbocycles. The third-order valence-corrected chi connectivity index (χ3v) is 4.56. The molecule has 1 saturated heterocycles. The molecule has 0 unspecified atom stereocenters. The number of likely N-dealkylation sites (tertiary alicyclic amines) is 1. The maximum absolute atomic E-state index is 12.8. The zero-order valence-corrected chi connectivity index (χ0v) is 14.1. The van der Waals surface area contributed by atoms with Crippen LogP contribution in [0.4, 0.5) is 0 Å². The number of carbonyl (C=O) groups excluding carboxylic acids is 1. The fourth-order valence-corrected chi connectivity index (χ4v) is 3.17. The zero-order chi connectivity index (χ0) is 17.4. The third kappa shape index (κ3) is 2.82. The number of hydrogen-bond acceptors (Lipinski definition) is 4. The predicted molar refractivity (Wildman–Crippen MR) is 92.7 cm³/mol. The molecule has 0 radical (unpaired) electrons. The lowest BCUT2D eigenvalue weighted by molar-refractivity contribution is 0.0784. The molecule has 0 aliphatic carbocycles. The van der Waals surface area contributed by atoms with Crippen LogP contribution in [0.3, 0.4) is 0 Å². The number of hydrogen-bond donors (Lipinski definition) is 0. The molecule has 0 saturated carbocycles. The molecule has 0 N–H and O–H groups in total. The van der Waals surface area contributed by atoms with Gasteiger partial charge < -0.3 is 4.90 Å². The molecule has 2 aromatic heterocycles. The molecule has 1 aliphatic rings. The number of aryl methyl sites for hydroxylation is 1. The van der Waals surface area contributed by atoms with Gasteiger partial charge >= 0.3 is 5.69 Å². The highest BCUT2D eigenvalue weighted by atomic mass is 16.2. The Morgan fingerprint density at radius 1 is 1.12 bits per heavy atom. The van der Waals surface area contributed by atoms with Gasteiger partial charge in [0.05, 0.1) is 18.9 Å². The molecule has 1 amide bonds. The van der Waals surface area contributed by atoms with E-state index in [4.69, 9.17) is 0 Å². The van der Waals surface area contributed by atoms with E-state index in [1.807, 2.05) is 31.2 Å². The fraction of sp³-hybridized carbons (Fsp3) is 0.333. The van der Waals surface area contributed by atoms with Crippen molar-refractivity contribution in [3.63, 3.8) is 0 Å². The van der Waals surface area contributed by atoms with Gasteiger partial charge in [0.2, 0.25) is 0 Å². The standard InChI is InChI=1S/C18H19N5O2/c1-13-4-6-14(7-5-13)12-22-18(25)23-15(10-19-11-16(23)20-22)17(24)21-8-2-3-9-21/h4-7,10-11H,2-3,8-9,12H2,1H3. The molecule has 3 heterocycles. The number of amides is 1. The molecular formula is C18H19N5O2. The van der Waals surface area contributed by atoms with Gasteiger partial charge in [-0.25, -0.2) is 13.9 Å². The lowest BCUT2D eigenvalue weighted by Crippen LogP contribution is -2.32. The van der Waals surface area contributed by atoms with E-state index in [1.165, 1.54) is 21.5 Å². The predicted octanol–water partition coefficient (Wildman–Crippen LogP) is 1.48. The molecular weight excluding hydrogens is 318 g/mol. The van der Waals surface area contributed by atoms with Crippen molar-refractivity contribution < 1.29 is 4.79 Å². The second-order valence-corrected chi connectivity index (χ2v) is 6.41. The molecule has 0 atom stereocenters. The van der Waals surface area contributed by atoms with E-state index in [0.717, 1.165) is 37.1 Å². The fourth-order valence-electron chi connectivity index (χ4n) is 3.17. The van der Waals surface area contributed by atoms with Crippen molar-refractivity contribution in [2.24, 2.45) is 0 Å². The van der Waals surface area contributed by atoms with Crippen LogP contribution >= 0.6 is 0 Å². The summed E-state index contributed by atoms with van der Waals surface area (Å²) in [6, 6.07) is 7.95. The van der Waals surface area contributed by atoms with Crippen LogP contribution in [0.1, 0.15) is 34.5 Å². The Bertz CT molecular complexity index is 981. The number of fused-ring (bicyclic) bond motifs is 1. The van der Waals surface area contributed by atoms with Crippen LogP contribution in [0.5, 0.6) is 0 Å². The lowest BCUT2D eigenvalue weighted by atomic mass is 10.1. The maximum Gasteiger partial charge on any atom is 0.351 e. The van der Waals surface area contributed by atoms with Gasteiger partial charge in [-0.1, -0.05) is 29.8 Å². The Labute approximate surface area is 144 Å². The minimum atomic E-state index is -0.319.